The van der Waals surface area contributed by atoms with Crippen LogP contribution in [-0.2, 0) is 6.42 Å². The molecule has 0 spiro atoms. The van der Waals surface area contributed by atoms with Crippen molar-refractivity contribution in [3.8, 4) is 0 Å². The fraction of sp³-hybridized carbons (Fsp3) is 0.429. The molecule has 0 radical (unpaired) electrons. The molecule has 0 N–H and O–H groups in total. The van der Waals surface area contributed by atoms with Gasteiger partial charge in [0.2, 0.25) is 0 Å². The minimum Gasteiger partial charge on any atom is -0.226 e. The van der Waals surface area contributed by atoms with Crippen molar-refractivity contribution in [1.82, 2.24) is 14.8 Å². The molecule has 54 valence electrons. The van der Waals surface area contributed by atoms with E-state index in [-0.39, 0.29) is 0 Å². The van der Waals surface area contributed by atoms with Gasteiger partial charge in [-0.15, -0.1) is 0 Å². The lowest BCUT2D eigenvalue weighted by Crippen LogP contribution is -1.95. The summed E-state index contributed by atoms with van der Waals surface area (Å²) in [7, 11) is 0. The second-order valence-corrected chi connectivity index (χ2v) is 1.96. The number of aromatic nitrogens is 3. The van der Waals surface area contributed by atoms with Gasteiger partial charge in [-0.1, -0.05) is 13.0 Å². The highest BCUT2D eigenvalue weighted by atomic mass is 15.3. The van der Waals surface area contributed by atoms with Crippen LogP contribution in [0.5, 0.6) is 0 Å². The predicted octanol–water partition coefficient (Wildman–Crippen LogP) is 1.33. The Hall–Kier alpha value is -1.12. The summed E-state index contributed by atoms with van der Waals surface area (Å²) < 4.78 is 1.78. The van der Waals surface area contributed by atoms with Crippen LogP contribution in [-0.4, -0.2) is 14.8 Å². The normalized spacial score (nSPS) is 11.0. The quantitative estimate of drug-likeness (QED) is 0.615. The van der Waals surface area contributed by atoms with Crippen LogP contribution in [0.1, 0.15) is 19.7 Å². The lowest BCUT2D eigenvalue weighted by molar-refractivity contribution is 0.840. The van der Waals surface area contributed by atoms with E-state index in [9.17, 15) is 0 Å². The number of aryl methyl sites for hydroxylation is 1. The molecule has 0 atom stereocenters. The number of nitrogens with zero attached hydrogens (tertiary/aromatic N) is 3. The molecule has 0 aliphatic heterocycles. The highest BCUT2D eigenvalue weighted by Gasteiger charge is 1.94. The van der Waals surface area contributed by atoms with E-state index in [0.29, 0.717) is 0 Å². The molecule has 1 rings (SSSR count). The van der Waals surface area contributed by atoms with Crippen LogP contribution in [0.4, 0.5) is 0 Å². The molecule has 1 aromatic heterocycles. The van der Waals surface area contributed by atoms with Gasteiger partial charge in [-0.25, -0.2) is 9.67 Å². The van der Waals surface area contributed by atoms with Gasteiger partial charge in [0.1, 0.15) is 12.2 Å². The fourth-order valence-electron chi connectivity index (χ4n) is 0.793. The fourth-order valence-corrected chi connectivity index (χ4v) is 0.793. The molecule has 0 aliphatic carbocycles. The molecule has 0 saturated carbocycles. The number of hydrogen-bond acceptors (Lipinski definition) is 2. The average molecular weight is 137 g/mol. The van der Waals surface area contributed by atoms with Crippen molar-refractivity contribution >= 4 is 6.20 Å². The van der Waals surface area contributed by atoms with Gasteiger partial charge in [0.25, 0.3) is 0 Å². The van der Waals surface area contributed by atoms with E-state index in [1.807, 2.05) is 19.2 Å². The summed E-state index contributed by atoms with van der Waals surface area (Å²) in [5, 5.41) is 4.00. The zero-order valence-electron chi connectivity index (χ0n) is 6.28. The van der Waals surface area contributed by atoms with Crippen LogP contribution in [0, 0.1) is 0 Å². The van der Waals surface area contributed by atoms with Crippen molar-refractivity contribution in [2.24, 2.45) is 0 Å². The second-order valence-electron chi connectivity index (χ2n) is 1.96. The van der Waals surface area contributed by atoms with Crippen molar-refractivity contribution < 1.29 is 0 Å². The lowest BCUT2D eigenvalue weighted by Gasteiger charge is -1.93. The molecule has 0 aromatic carbocycles. The molecule has 3 nitrogen and oxygen atoms in total. The van der Waals surface area contributed by atoms with E-state index >= 15 is 0 Å². The summed E-state index contributed by atoms with van der Waals surface area (Å²) in [6, 6.07) is 0. The smallest absolute Gasteiger partial charge is 0.138 e. The monoisotopic (exact) mass is 137 g/mol. The molecule has 10 heavy (non-hydrogen) atoms. The van der Waals surface area contributed by atoms with Gasteiger partial charge in [0, 0.05) is 12.6 Å². The SMILES string of the molecule is C/C=C\n1ncnc1CC. The highest BCUT2D eigenvalue weighted by molar-refractivity contribution is 5.19. The van der Waals surface area contributed by atoms with E-state index in [2.05, 4.69) is 17.0 Å². The summed E-state index contributed by atoms with van der Waals surface area (Å²) in [6.45, 7) is 4.02. The van der Waals surface area contributed by atoms with E-state index in [1.54, 1.807) is 11.0 Å². The maximum atomic E-state index is 4.05. The van der Waals surface area contributed by atoms with E-state index in [4.69, 9.17) is 0 Å². The van der Waals surface area contributed by atoms with Gasteiger partial charge >= 0.3 is 0 Å². The van der Waals surface area contributed by atoms with E-state index < -0.39 is 0 Å². The van der Waals surface area contributed by atoms with Crippen molar-refractivity contribution in [3.63, 3.8) is 0 Å². The van der Waals surface area contributed by atoms with Crippen LogP contribution in [0.15, 0.2) is 12.4 Å². The van der Waals surface area contributed by atoms with Crippen molar-refractivity contribution in [2.75, 3.05) is 0 Å². The second kappa shape index (κ2) is 3.15. The third-order valence-electron chi connectivity index (χ3n) is 1.25. The third-order valence-corrected chi connectivity index (χ3v) is 1.25. The van der Waals surface area contributed by atoms with Crippen molar-refractivity contribution in [3.05, 3.63) is 18.2 Å². The summed E-state index contributed by atoms with van der Waals surface area (Å²) >= 11 is 0. The first-order valence-electron chi connectivity index (χ1n) is 3.39. The molecule has 1 heterocycles. The summed E-state index contributed by atoms with van der Waals surface area (Å²) in [6.07, 6.45) is 6.32. The number of rotatable bonds is 2. The molecule has 0 aliphatic rings. The first-order valence-corrected chi connectivity index (χ1v) is 3.39. The van der Waals surface area contributed by atoms with E-state index in [1.165, 1.54) is 0 Å². The summed E-state index contributed by atoms with van der Waals surface area (Å²) in [4.78, 5) is 4.05. The molecular formula is C7H11N3. The first-order chi connectivity index (χ1) is 4.88. The summed E-state index contributed by atoms with van der Waals surface area (Å²) in [5.41, 5.74) is 0. The van der Waals surface area contributed by atoms with Gasteiger partial charge in [0.05, 0.1) is 0 Å². The minimum atomic E-state index is 0.921. The Morgan fingerprint density at radius 2 is 2.50 bits per heavy atom. The third kappa shape index (κ3) is 1.23. The highest BCUT2D eigenvalue weighted by Crippen LogP contribution is 1.94. The van der Waals surface area contributed by atoms with Gasteiger partial charge in [0.15, 0.2) is 0 Å². The maximum absolute atomic E-state index is 4.05. The number of allylic oxidation sites excluding steroid dienone is 1. The Balaban J connectivity index is 2.90. The standard InChI is InChI=1S/C7H11N3/c1-3-5-10-7(4-2)8-6-9-10/h3,5-6H,4H2,1-2H3/b5-3-. The Morgan fingerprint density at radius 1 is 1.70 bits per heavy atom. The van der Waals surface area contributed by atoms with Crippen LogP contribution < -0.4 is 0 Å². The maximum Gasteiger partial charge on any atom is 0.138 e. The largest absolute Gasteiger partial charge is 0.226 e. The lowest BCUT2D eigenvalue weighted by atomic mass is 10.4. The molecule has 0 unspecified atom stereocenters. The van der Waals surface area contributed by atoms with Gasteiger partial charge in [-0.2, -0.15) is 5.10 Å². The van der Waals surface area contributed by atoms with Gasteiger partial charge < -0.3 is 0 Å². The van der Waals surface area contributed by atoms with Crippen molar-refractivity contribution in [1.29, 1.82) is 0 Å². The average Bonchev–Trinajstić information content (AvgIpc) is 2.36. The Labute approximate surface area is 60.4 Å². The molecule has 0 bridgehead atoms. The van der Waals surface area contributed by atoms with Crippen LogP contribution in [0.25, 0.3) is 6.20 Å². The Bertz CT molecular complexity index is 225. The first kappa shape index (κ1) is 6.99. The molecular weight excluding hydrogens is 126 g/mol. The topological polar surface area (TPSA) is 30.7 Å². The van der Waals surface area contributed by atoms with Crippen molar-refractivity contribution in [2.45, 2.75) is 20.3 Å². The Kier molecular flexibility index (Phi) is 2.20. The van der Waals surface area contributed by atoms with Crippen LogP contribution in [0.3, 0.4) is 0 Å². The van der Waals surface area contributed by atoms with Gasteiger partial charge in [-0.05, 0) is 6.92 Å². The minimum absolute atomic E-state index is 0.921. The van der Waals surface area contributed by atoms with E-state index in [0.717, 1.165) is 12.2 Å². The molecule has 0 saturated heterocycles. The van der Waals surface area contributed by atoms with Gasteiger partial charge in [-0.3, -0.25) is 0 Å². The zero-order valence-corrected chi connectivity index (χ0v) is 6.28. The van der Waals surface area contributed by atoms with Crippen LogP contribution >= 0.6 is 0 Å². The zero-order chi connectivity index (χ0) is 7.40. The Morgan fingerprint density at radius 3 is 3.10 bits per heavy atom. The van der Waals surface area contributed by atoms with Crippen LogP contribution in [0.2, 0.25) is 0 Å². The number of hydrogen-bond donors (Lipinski definition) is 0. The molecule has 1 aromatic rings. The summed E-state index contributed by atoms with van der Waals surface area (Å²) in [5.74, 6) is 0.998. The predicted molar refractivity (Wildman–Crippen MR) is 40.4 cm³/mol. The molecule has 0 amide bonds. The molecule has 3 heteroatoms. The molecule has 0 fully saturated rings.